The van der Waals surface area contributed by atoms with Gasteiger partial charge in [-0.2, -0.15) is 5.10 Å². The Kier molecular flexibility index (Phi) is 4.12. The quantitative estimate of drug-likeness (QED) is 0.821. The summed E-state index contributed by atoms with van der Waals surface area (Å²) in [5, 5.41) is 4.04. The number of aryl methyl sites for hydroxylation is 1. The molecule has 0 amide bonds. The number of sulfone groups is 1. The van der Waals surface area contributed by atoms with Gasteiger partial charge in [-0.3, -0.25) is 4.68 Å². The van der Waals surface area contributed by atoms with E-state index in [0.29, 0.717) is 13.0 Å². The number of halogens is 1. The van der Waals surface area contributed by atoms with E-state index in [1.807, 2.05) is 6.20 Å². The van der Waals surface area contributed by atoms with Crippen LogP contribution in [0.1, 0.15) is 13.3 Å². The van der Waals surface area contributed by atoms with Gasteiger partial charge in [0.1, 0.15) is 9.84 Å². The van der Waals surface area contributed by atoms with E-state index >= 15 is 0 Å². The lowest BCUT2D eigenvalue weighted by atomic mass is 10.5. The van der Waals surface area contributed by atoms with Crippen molar-refractivity contribution in [2.45, 2.75) is 19.9 Å². The molecule has 0 spiro atoms. The molecule has 0 bridgehead atoms. The first kappa shape index (κ1) is 11.7. The second kappa shape index (κ2) is 4.93. The van der Waals surface area contributed by atoms with Crippen LogP contribution in [-0.2, 0) is 16.4 Å². The number of hydrogen-bond donors (Lipinski definition) is 0. The van der Waals surface area contributed by atoms with Crippen LogP contribution >= 0.6 is 15.9 Å². The van der Waals surface area contributed by atoms with Gasteiger partial charge in [-0.05, 0) is 22.4 Å². The molecule has 6 heteroatoms. The summed E-state index contributed by atoms with van der Waals surface area (Å²) < 4.78 is 25.0. The average Bonchev–Trinajstić information content (AvgIpc) is 2.51. The van der Waals surface area contributed by atoms with Gasteiger partial charge in [0.2, 0.25) is 0 Å². The second-order valence-electron chi connectivity index (χ2n) is 3.01. The maximum atomic E-state index is 11.2. The maximum absolute atomic E-state index is 11.2. The average molecular weight is 281 g/mol. The van der Waals surface area contributed by atoms with Crippen molar-refractivity contribution in [2.75, 3.05) is 11.5 Å². The predicted molar refractivity (Wildman–Crippen MR) is 58.9 cm³/mol. The molecule has 1 aromatic rings. The van der Waals surface area contributed by atoms with Gasteiger partial charge < -0.3 is 0 Å². The Morgan fingerprint density at radius 2 is 2.29 bits per heavy atom. The fraction of sp³-hybridized carbons (Fsp3) is 0.625. The first-order valence-corrected chi connectivity index (χ1v) is 7.03. The Morgan fingerprint density at radius 1 is 1.57 bits per heavy atom. The molecule has 0 atom stereocenters. The lowest BCUT2D eigenvalue weighted by molar-refractivity contribution is 0.573. The number of nitrogens with zero attached hydrogens (tertiary/aromatic N) is 2. The van der Waals surface area contributed by atoms with Crippen LogP contribution in [-0.4, -0.2) is 29.7 Å². The van der Waals surface area contributed by atoms with Gasteiger partial charge >= 0.3 is 0 Å². The fourth-order valence-corrected chi connectivity index (χ4v) is 2.24. The summed E-state index contributed by atoms with van der Waals surface area (Å²) in [6.45, 7) is 2.31. The van der Waals surface area contributed by atoms with E-state index < -0.39 is 9.84 Å². The normalized spacial score (nSPS) is 11.9. The van der Waals surface area contributed by atoms with E-state index in [4.69, 9.17) is 0 Å². The summed E-state index contributed by atoms with van der Waals surface area (Å²) in [4.78, 5) is 0. The van der Waals surface area contributed by atoms with Crippen LogP contribution in [0, 0.1) is 0 Å². The molecule has 1 rings (SSSR count). The number of rotatable bonds is 5. The zero-order chi connectivity index (χ0) is 10.6. The Bertz CT molecular complexity index is 386. The Balaban J connectivity index is 2.36. The predicted octanol–water partition coefficient (Wildman–Crippen LogP) is 1.47. The minimum absolute atomic E-state index is 0.218. The van der Waals surface area contributed by atoms with Gasteiger partial charge in [-0.15, -0.1) is 0 Å². The molecule has 14 heavy (non-hydrogen) atoms. The molecule has 0 saturated heterocycles. The Hall–Kier alpha value is -0.360. The van der Waals surface area contributed by atoms with E-state index in [1.54, 1.807) is 17.8 Å². The van der Waals surface area contributed by atoms with Gasteiger partial charge in [-0.1, -0.05) is 6.92 Å². The first-order chi connectivity index (χ1) is 6.53. The first-order valence-electron chi connectivity index (χ1n) is 4.42. The van der Waals surface area contributed by atoms with Gasteiger partial charge in [0.15, 0.2) is 0 Å². The smallest absolute Gasteiger partial charge is 0.150 e. The standard InChI is InChI=1S/C8H13BrN2O2S/c1-2-14(12,13)5-3-4-11-7-8(9)6-10-11/h6-7H,2-5H2,1H3. The molecule has 1 heterocycles. The van der Waals surface area contributed by atoms with E-state index in [1.165, 1.54) is 0 Å². The van der Waals surface area contributed by atoms with E-state index in [0.717, 1.165) is 4.47 Å². The Morgan fingerprint density at radius 3 is 2.79 bits per heavy atom. The zero-order valence-electron chi connectivity index (χ0n) is 7.98. The van der Waals surface area contributed by atoms with Crippen molar-refractivity contribution in [2.24, 2.45) is 0 Å². The Labute approximate surface area is 92.4 Å². The molecule has 0 radical (unpaired) electrons. The highest BCUT2D eigenvalue weighted by molar-refractivity contribution is 9.10. The van der Waals surface area contributed by atoms with Crippen molar-refractivity contribution in [1.29, 1.82) is 0 Å². The molecular weight excluding hydrogens is 268 g/mol. The van der Waals surface area contributed by atoms with Gasteiger partial charge in [-0.25, -0.2) is 8.42 Å². The molecule has 0 saturated carbocycles. The third-order valence-corrected chi connectivity index (χ3v) is 4.08. The molecule has 0 unspecified atom stereocenters. The number of hydrogen-bond acceptors (Lipinski definition) is 3. The lowest BCUT2D eigenvalue weighted by Gasteiger charge is -2.01. The number of aromatic nitrogens is 2. The molecule has 0 aliphatic carbocycles. The van der Waals surface area contributed by atoms with Crippen molar-refractivity contribution in [3.05, 3.63) is 16.9 Å². The van der Waals surface area contributed by atoms with Crippen LogP contribution in [0.15, 0.2) is 16.9 Å². The maximum Gasteiger partial charge on any atom is 0.150 e. The molecule has 0 aromatic carbocycles. The lowest BCUT2D eigenvalue weighted by Crippen LogP contribution is -2.11. The SMILES string of the molecule is CCS(=O)(=O)CCCn1cc(Br)cn1. The second-order valence-corrected chi connectivity index (χ2v) is 6.40. The van der Waals surface area contributed by atoms with Crippen molar-refractivity contribution < 1.29 is 8.42 Å². The summed E-state index contributed by atoms with van der Waals surface area (Å²) >= 11 is 3.28. The molecule has 80 valence electrons. The minimum atomic E-state index is -2.84. The molecule has 4 nitrogen and oxygen atoms in total. The van der Waals surface area contributed by atoms with Crippen LogP contribution in [0.5, 0.6) is 0 Å². The topological polar surface area (TPSA) is 52.0 Å². The van der Waals surface area contributed by atoms with Crippen molar-refractivity contribution in [3.8, 4) is 0 Å². The summed E-state index contributed by atoms with van der Waals surface area (Å²) in [6.07, 6.45) is 4.14. The van der Waals surface area contributed by atoms with E-state index in [-0.39, 0.29) is 11.5 Å². The fourth-order valence-electron chi connectivity index (χ4n) is 1.05. The van der Waals surface area contributed by atoms with Gasteiger partial charge in [0.05, 0.1) is 16.4 Å². The molecule has 1 aromatic heterocycles. The largest absolute Gasteiger partial charge is 0.272 e. The van der Waals surface area contributed by atoms with Crippen molar-refractivity contribution in [3.63, 3.8) is 0 Å². The zero-order valence-corrected chi connectivity index (χ0v) is 10.4. The van der Waals surface area contributed by atoms with Crippen LogP contribution in [0.4, 0.5) is 0 Å². The summed E-state index contributed by atoms with van der Waals surface area (Å²) in [5.74, 6) is 0.455. The monoisotopic (exact) mass is 280 g/mol. The molecular formula is C8H13BrN2O2S. The van der Waals surface area contributed by atoms with Crippen molar-refractivity contribution >= 4 is 25.8 Å². The third-order valence-electron chi connectivity index (χ3n) is 1.88. The highest BCUT2D eigenvalue weighted by Gasteiger charge is 2.06. The van der Waals surface area contributed by atoms with Crippen LogP contribution in [0.3, 0.4) is 0 Å². The molecule has 0 aliphatic heterocycles. The molecule has 0 N–H and O–H groups in total. The van der Waals surface area contributed by atoms with Gasteiger partial charge in [0, 0.05) is 18.5 Å². The van der Waals surface area contributed by atoms with Crippen LogP contribution in [0.25, 0.3) is 0 Å². The summed E-state index contributed by atoms with van der Waals surface area (Å²) in [5.41, 5.74) is 0. The summed E-state index contributed by atoms with van der Waals surface area (Å²) in [7, 11) is -2.84. The third kappa shape index (κ3) is 3.79. The molecule has 0 fully saturated rings. The summed E-state index contributed by atoms with van der Waals surface area (Å²) in [6, 6.07) is 0. The van der Waals surface area contributed by atoms with Crippen LogP contribution < -0.4 is 0 Å². The van der Waals surface area contributed by atoms with Gasteiger partial charge in [0.25, 0.3) is 0 Å². The highest BCUT2D eigenvalue weighted by atomic mass is 79.9. The van der Waals surface area contributed by atoms with E-state index in [9.17, 15) is 8.42 Å². The highest BCUT2D eigenvalue weighted by Crippen LogP contribution is 2.06. The van der Waals surface area contributed by atoms with Crippen molar-refractivity contribution in [1.82, 2.24) is 9.78 Å². The van der Waals surface area contributed by atoms with Crippen LogP contribution in [0.2, 0.25) is 0 Å². The van der Waals surface area contributed by atoms with E-state index in [2.05, 4.69) is 21.0 Å². The minimum Gasteiger partial charge on any atom is -0.272 e. The molecule has 0 aliphatic rings.